The maximum atomic E-state index is 10.8. The van der Waals surface area contributed by atoms with E-state index in [0.717, 1.165) is 11.1 Å². The molecule has 0 saturated carbocycles. The smallest absolute Gasteiger partial charge is 0.222 e. The molecule has 0 aromatic heterocycles. The molecular weight excluding hydrogens is 269 g/mol. The van der Waals surface area contributed by atoms with Gasteiger partial charge in [-0.05, 0) is 6.92 Å². The Morgan fingerprint density at radius 2 is 2.20 bits per heavy atom. The molecule has 0 amide bonds. The number of hydrogen-bond donors (Lipinski definition) is 0. The van der Waals surface area contributed by atoms with Crippen molar-refractivity contribution in [3.8, 4) is 0 Å². The summed E-state index contributed by atoms with van der Waals surface area (Å²) in [5.74, 6) is 0. The van der Waals surface area contributed by atoms with Gasteiger partial charge in [-0.2, -0.15) is 5.56 Å². The second-order valence-electron chi connectivity index (χ2n) is 3.39. The van der Waals surface area contributed by atoms with Crippen LogP contribution in [0.25, 0.3) is 0 Å². The van der Waals surface area contributed by atoms with Crippen LogP contribution in [0.15, 0.2) is 11.1 Å². The Morgan fingerprint density at radius 3 is 2.80 bits per heavy atom. The summed E-state index contributed by atoms with van der Waals surface area (Å²) >= 11 is 0. The minimum atomic E-state index is -0.342. The van der Waals surface area contributed by atoms with Gasteiger partial charge >= 0.3 is 0 Å². The van der Waals surface area contributed by atoms with Gasteiger partial charge in [0.2, 0.25) is 5.69 Å². The number of nitrogens with zero attached hydrogens (tertiary/aromatic N) is 2. The normalized spacial score (nSPS) is 12.1. The number of aliphatic imine (C=N–C) groups is 1. The number of hydrogen-bond acceptors (Lipinski definition) is 3. The average Bonchev–Trinajstić information content (AvgIpc) is 2.50. The van der Waals surface area contributed by atoms with E-state index in [1.165, 1.54) is 0 Å². The maximum Gasteiger partial charge on any atom is 0.222 e. The van der Waals surface area contributed by atoms with Crippen LogP contribution in [-0.4, -0.2) is 11.1 Å². The molecule has 0 unspecified atom stereocenters. The largest absolute Gasteiger partial charge is 0.367 e. The fourth-order valence-corrected chi connectivity index (χ4v) is 1.82. The molecule has 0 atom stereocenters. The summed E-state index contributed by atoms with van der Waals surface area (Å²) in [5.41, 5.74) is 3.39. The Bertz CT molecular complexity index is 455. The van der Waals surface area contributed by atoms with Gasteiger partial charge in [0.1, 0.15) is 0 Å². The van der Waals surface area contributed by atoms with Crippen molar-refractivity contribution in [3.63, 3.8) is 0 Å². The van der Waals surface area contributed by atoms with E-state index in [2.05, 4.69) is 11.2 Å². The number of nitro benzene ring substituents is 1. The maximum absolute atomic E-state index is 10.8. The van der Waals surface area contributed by atoms with Crippen LogP contribution in [0, 0.1) is 24.0 Å². The monoisotopic (exact) mass is 278 g/mol. The van der Waals surface area contributed by atoms with Gasteiger partial charge in [-0.3, -0.25) is 10.1 Å². The van der Waals surface area contributed by atoms with Crippen molar-refractivity contribution in [3.05, 3.63) is 38.4 Å². The molecule has 15 heavy (non-hydrogen) atoms. The quantitative estimate of drug-likeness (QED) is 0.448. The Hall–Kier alpha value is -0.606. The molecule has 5 heteroatoms. The number of aryl methyl sites for hydroxylation is 1. The van der Waals surface area contributed by atoms with Crippen LogP contribution in [0.1, 0.15) is 22.3 Å². The summed E-state index contributed by atoms with van der Waals surface area (Å²) in [7, 11) is 0. The molecule has 1 aliphatic rings. The summed E-state index contributed by atoms with van der Waals surface area (Å²) in [4.78, 5) is 14.4. The minimum Gasteiger partial charge on any atom is -0.367 e. The molecule has 0 spiro atoms. The molecule has 0 aliphatic carbocycles. The van der Waals surface area contributed by atoms with E-state index >= 15 is 0 Å². The van der Waals surface area contributed by atoms with Crippen LogP contribution >= 0.6 is 0 Å². The van der Waals surface area contributed by atoms with E-state index in [1.807, 2.05) is 6.07 Å². The van der Waals surface area contributed by atoms with Crippen LogP contribution in [0.3, 0.4) is 0 Å². The van der Waals surface area contributed by atoms with E-state index in [-0.39, 0.29) is 43.3 Å². The third-order valence-electron chi connectivity index (χ3n) is 2.44. The summed E-state index contributed by atoms with van der Waals surface area (Å²) in [5, 5.41) is 10.8. The summed E-state index contributed by atoms with van der Waals surface area (Å²) in [6.07, 6.45) is 2.81. The second-order valence-corrected chi connectivity index (χ2v) is 3.39. The molecule has 0 N–H and O–H groups in total. The van der Waals surface area contributed by atoms with Crippen LogP contribution in [0.2, 0.25) is 0 Å². The zero-order valence-electron chi connectivity index (χ0n) is 8.57. The number of nitro groups is 1. The van der Waals surface area contributed by atoms with Crippen molar-refractivity contribution in [1.82, 2.24) is 0 Å². The molecular formula is C10H9N2O2Y-. The van der Waals surface area contributed by atoms with Gasteiger partial charge in [0.05, 0.1) is 0 Å². The average molecular weight is 278 g/mol. The van der Waals surface area contributed by atoms with Gasteiger partial charge < -0.3 is 4.99 Å². The minimum absolute atomic E-state index is 0. The summed E-state index contributed by atoms with van der Waals surface area (Å²) in [6.45, 7) is 4.09. The van der Waals surface area contributed by atoms with Crippen molar-refractivity contribution in [2.24, 2.45) is 4.99 Å². The van der Waals surface area contributed by atoms with Crippen molar-refractivity contribution >= 4 is 11.9 Å². The molecule has 2 rings (SSSR count). The van der Waals surface area contributed by atoms with Crippen LogP contribution < -0.4 is 0 Å². The first kappa shape index (κ1) is 12.5. The molecule has 1 aromatic rings. The molecule has 75 valence electrons. The topological polar surface area (TPSA) is 55.5 Å². The number of fused-ring (bicyclic) bond motifs is 1. The summed E-state index contributed by atoms with van der Waals surface area (Å²) in [6, 6.07) is 1.82. The standard InChI is InChI=1S/C10H9N2O2.Y/c1-6-3-8-4-11-5-9(8)7(2)10(6)12(13)14;/h3H,4H2,1-2H3;/q-1;. The van der Waals surface area contributed by atoms with Crippen molar-refractivity contribution in [2.75, 3.05) is 0 Å². The van der Waals surface area contributed by atoms with Gasteiger partial charge in [0.15, 0.2) is 0 Å². The molecule has 0 bridgehead atoms. The van der Waals surface area contributed by atoms with Crippen LogP contribution in [-0.2, 0) is 39.3 Å². The Morgan fingerprint density at radius 1 is 1.53 bits per heavy atom. The van der Waals surface area contributed by atoms with E-state index < -0.39 is 0 Å². The van der Waals surface area contributed by atoms with Crippen molar-refractivity contribution < 1.29 is 37.6 Å². The van der Waals surface area contributed by atoms with Crippen molar-refractivity contribution in [1.29, 1.82) is 0 Å². The van der Waals surface area contributed by atoms with Gasteiger partial charge in [-0.25, -0.2) is 0 Å². The van der Waals surface area contributed by atoms with Gasteiger partial charge in [-0.1, -0.05) is 18.7 Å². The van der Waals surface area contributed by atoms with Gasteiger partial charge in [0, 0.05) is 49.7 Å². The first-order chi connectivity index (χ1) is 6.61. The van der Waals surface area contributed by atoms with Gasteiger partial charge in [-0.15, -0.1) is 11.6 Å². The molecule has 1 heterocycles. The van der Waals surface area contributed by atoms with Crippen LogP contribution in [0.5, 0.6) is 0 Å². The molecule has 4 nitrogen and oxygen atoms in total. The second kappa shape index (κ2) is 4.50. The number of benzene rings is 1. The third-order valence-corrected chi connectivity index (χ3v) is 2.44. The molecule has 0 saturated heterocycles. The molecule has 1 aromatic carbocycles. The molecule has 0 fully saturated rings. The fourth-order valence-electron chi connectivity index (χ4n) is 1.82. The third kappa shape index (κ3) is 2.01. The Labute approximate surface area is 113 Å². The summed E-state index contributed by atoms with van der Waals surface area (Å²) < 4.78 is 0. The van der Waals surface area contributed by atoms with E-state index in [0.29, 0.717) is 17.7 Å². The van der Waals surface area contributed by atoms with E-state index in [9.17, 15) is 10.1 Å². The predicted octanol–water partition coefficient (Wildman–Crippen LogP) is 2.02. The van der Waals surface area contributed by atoms with E-state index in [1.54, 1.807) is 13.8 Å². The van der Waals surface area contributed by atoms with Crippen LogP contribution in [0.4, 0.5) is 5.69 Å². The SMILES string of the molecule is Cc1cc2c(c(C)c1[N+](=O)[O-])[C-]=NC2.[Y]. The first-order valence-corrected chi connectivity index (χ1v) is 4.31. The zero-order chi connectivity index (χ0) is 10.3. The van der Waals surface area contributed by atoms with Crippen molar-refractivity contribution in [2.45, 2.75) is 20.4 Å². The number of rotatable bonds is 1. The Kier molecular flexibility index (Phi) is 3.73. The first-order valence-electron chi connectivity index (χ1n) is 4.31. The Balaban J connectivity index is 0.00000112. The van der Waals surface area contributed by atoms with E-state index in [4.69, 9.17) is 0 Å². The van der Waals surface area contributed by atoms with Gasteiger partial charge in [0.25, 0.3) is 0 Å². The molecule has 1 aliphatic heterocycles. The predicted molar refractivity (Wildman–Crippen MR) is 52.8 cm³/mol. The molecule has 1 radical (unpaired) electrons. The zero-order valence-corrected chi connectivity index (χ0v) is 11.4. The fraction of sp³-hybridized carbons (Fsp3) is 0.300.